The Balaban J connectivity index is 1.81. The first-order valence-electron chi connectivity index (χ1n) is 13.0. The second-order valence-corrected chi connectivity index (χ2v) is 9.20. The molecule has 34 heavy (non-hydrogen) atoms. The van der Waals surface area contributed by atoms with Crippen LogP contribution in [-0.2, 0) is 0 Å². The molecule has 0 aliphatic heterocycles. The first-order valence-corrected chi connectivity index (χ1v) is 13.0. The molecule has 0 saturated heterocycles. The first kappa shape index (κ1) is 25.7. The van der Waals surface area contributed by atoms with Crippen molar-refractivity contribution in [2.24, 2.45) is 0 Å². The molecule has 0 amide bonds. The molecule has 1 heterocycles. The van der Waals surface area contributed by atoms with Crippen molar-refractivity contribution in [3.63, 3.8) is 0 Å². The third kappa shape index (κ3) is 6.59. The molecule has 0 fully saturated rings. The van der Waals surface area contributed by atoms with E-state index < -0.39 is 0 Å². The van der Waals surface area contributed by atoms with Crippen LogP contribution in [0.2, 0.25) is 0 Å². The van der Waals surface area contributed by atoms with Crippen LogP contribution in [0.4, 0.5) is 0 Å². The number of hydrogen-bond donors (Lipinski definition) is 1. The molecule has 4 nitrogen and oxygen atoms in total. The number of carbonyl (C=O) groups excluding carboxylic acids is 2. The number of hydrogen-bond acceptors (Lipinski definition) is 4. The standard InChI is InChI=1S/C30H38O4/c1-3-5-7-9-10-12-18-26(32)23-16-13-19-27(33)30(23)29-21-24-22(15-14-20-28(24)34-29)25(31)17-11-8-6-4-2/h13-16,19-21,33H,3-12,17-18H2,1-2H3. The summed E-state index contributed by atoms with van der Waals surface area (Å²) in [6.07, 6.45) is 11.8. The molecule has 0 saturated carbocycles. The molecule has 1 N–H and O–H groups in total. The van der Waals surface area contributed by atoms with Crippen molar-refractivity contribution in [1.82, 2.24) is 0 Å². The number of benzene rings is 2. The Labute approximate surface area is 203 Å². The molecule has 2 aromatic carbocycles. The topological polar surface area (TPSA) is 67.5 Å². The van der Waals surface area contributed by atoms with Crippen molar-refractivity contribution in [2.75, 3.05) is 0 Å². The van der Waals surface area contributed by atoms with Gasteiger partial charge in [-0.15, -0.1) is 0 Å². The zero-order valence-corrected chi connectivity index (χ0v) is 20.7. The van der Waals surface area contributed by atoms with Gasteiger partial charge in [0.1, 0.15) is 17.1 Å². The maximum atomic E-state index is 13.0. The van der Waals surface area contributed by atoms with E-state index in [-0.39, 0.29) is 17.3 Å². The molecule has 0 aliphatic carbocycles. The minimum absolute atomic E-state index is 0.00840. The van der Waals surface area contributed by atoms with Crippen LogP contribution in [0.25, 0.3) is 22.3 Å². The van der Waals surface area contributed by atoms with Crippen LogP contribution in [0.15, 0.2) is 46.9 Å². The van der Waals surface area contributed by atoms with Gasteiger partial charge in [-0.25, -0.2) is 0 Å². The SMILES string of the molecule is CCCCCCCCC(=O)c1cccc(O)c1-c1cc2c(C(=O)CCCCCC)cccc2o1. The van der Waals surface area contributed by atoms with Gasteiger partial charge in [-0.3, -0.25) is 9.59 Å². The number of unbranched alkanes of at least 4 members (excludes halogenated alkanes) is 8. The minimum atomic E-state index is 0.00840. The maximum Gasteiger partial charge on any atom is 0.163 e. The lowest BCUT2D eigenvalue weighted by Gasteiger charge is -2.09. The summed E-state index contributed by atoms with van der Waals surface area (Å²) >= 11 is 0. The summed E-state index contributed by atoms with van der Waals surface area (Å²) in [5.74, 6) is 0.547. The second-order valence-electron chi connectivity index (χ2n) is 9.20. The summed E-state index contributed by atoms with van der Waals surface area (Å²) in [6, 6.07) is 12.3. The number of carbonyl (C=O) groups is 2. The number of ketones is 2. The lowest BCUT2D eigenvalue weighted by Crippen LogP contribution is -2.01. The number of aromatic hydroxyl groups is 1. The van der Waals surface area contributed by atoms with Crippen molar-refractivity contribution in [2.45, 2.75) is 90.9 Å². The Morgan fingerprint density at radius 2 is 1.29 bits per heavy atom. The highest BCUT2D eigenvalue weighted by Gasteiger charge is 2.21. The van der Waals surface area contributed by atoms with Crippen molar-refractivity contribution in [1.29, 1.82) is 0 Å². The molecular formula is C30H38O4. The average molecular weight is 463 g/mol. The predicted octanol–water partition coefficient (Wildman–Crippen LogP) is 8.89. The summed E-state index contributed by atoms with van der Waals surface area (Å²) < 4.78 is 6.07. The molecule has 0 atom stereocenters. The van der Waals surface area contributed by atoms with Crippen LogP contribution < -0.4 is 0 Å². The predicted molar refractivity (Wildman–Crippen MR) is 139 cm³/mol. The van der Waals surface area contributed by atoms with Gasteiger partial charge in [0.2, 0.25) is 0 Å². The van der Waals surface area contributed by atoms with E-state index in [2.05, 4.69) is 13.8 Å². The van der Waals surface area contributed by atoms with Gasteiger partial charge in [0.05, 0.1) is 5.56 Å². The quantitative estimate of drug-likeness (QED) is 0.181. The number of Topliss-reactive ketones (excluding diaryl/α,β-unsaturated/α-hetero) is 2. The van der Waals surface area contributed by atoms with Gasteiger partial charge in [-0.1, -0.05) is 89.5 Å². The van der Waals surface area contributed by atoms with Crippen molar-refractivity contribution >= 4 is 22.5 Å². The van der Waals surface area contributed by atoms with E-state index in [0.29, 0.717) is 40.9 Å². The number of fused-ring (bicyclic) bond motifs is 1. The fraction of sp³-hybridized carbons (Fsp3) is 0.467. The monoisotopic (exact) mass is 462 g/mol. The van der Waals surface area contributed by atoms with Gasteiger partial charge in [0, 0.05) is 29.4 Å². The molecule has 0 aliphatic rings. The van der Waals surface area contributed by atoms with Gasteiger partial charge in [0.15, 0.2) is 11.6 Å². The smallest absolute Gasteiger partial charge is 0.163 e. The van der Waals surface area contributed by atoms with Crippen molar-refractivity contribution < 1.29 is 19.1 Å². The largest absolute Gasteiger partial charge is 0.507 e. The summed E-state index contributed by atoms with van der Waals surface area (Å²) in [5.41, 5.74) is 2.11. The second kappa shape index (κ2) is 13.1. The lowest BCUT2D eigenvalue weighted by molar-refractivity contribution is 0.0972. The Morgan fingerprint density at radius 1 is 0.735 bits per heavy atom. The molecule has 3 rings (SSSR count). The summed E-state index contributed by atoms with van der Waals surface area (Å²) in [6.45, 7) is 4.35. The number of phenolic OH excluding ortho intramolecular Hbond substituents is 1. The van der Waals surface area contributed by atoms with E-state index in [0.717, 1.165) is 50.3 Å². The van der Waals surface area contributed by atoms with E-state index in [4.69, 9.17) is 4.42 Å². The van der Waals surface area contributed by atoms with Crippen LogP contribution in [0.5, 0.6) is 5.75 Å². The summed E-state index contributed by atoms with van der Waals surface area (Å²) in [5, 5.41) is 11.4. The van der Waals surface area contributed by atoms with E-state index in [1.165, 1.54) is 19.3 Å². The molecule has 0 radical (unpaired) electrons. The third-order valence-corrected chi connectivity index (χ3v) is 6.47. The highest BCUT2D eigenvalue weighted by atomic mass is 16.3. The number of furan rings is 1. The lowest BCUT2D eigenvalue weighted by atomic mass is 9.96. The van der Waals surface area contributed by atoms with Crippen LogP contribution in [0.3, 0.4) is 0 Å². The summed E-state index contributed by atoms with van der Waals surface area (Å²) in [7, 11) is 0. The minimum Gasteiger partial charge on any atom is -0.507 e. The highest BCUT2D eigenvalue weighted by molar-refractivity contribution is 6.09. The van der Waals surface area contributed by atoms with Gasteiger partial charge in [0.25, 0.3) is 0 Å². The van der Waals surface area contributed by atoms with E-state index >= 15 is 0 Å². The molecule has 182 valence electrons. The highest BCUT2D eigenvalue weighted by Crippen LogP contribution is 2.38. The Morgan fingerprint density at radius 3 is 2.00 bits per heavy atom. The molecule has 0 bridgehead atoms. The summed E-state index contributed by atoms with van der Waals surface area (Å²) in [4.78, 5) is 25.9. The molecule has 0 spiro atoms. The average Bonchev–Trinajstić information content (AvgIpc) is 3.27. The van der Waals surface area contributed by atoms with Crippen molar-refractivity contribution in [3.05, 3.63) is 53.6 Å². The zero-order valence-electron chi connectivity index (χ0n) is 20.7. The molecular weight excluding hydrogens is 424 g/mol. The van der Waals surface area contributed by atoms with Crippen LogP contribution in [0, 0.1) is 0 Å². The van der Waals surface area contributed by atoms with E-state index in [9.17, 15) is 14.7 Å². The van der Waals surface area contributed by atoms with Crippen LogP contribution in [-0.4, -0.2) is 16.7 Å². The normalized spacial score (nSPS) is 11.2. The fourth-order valence-electron chi connectivity index (χ4n) is 4.51. The van der Waals surface area contributed by atoms with E-state index in [1.807, 2.05) is 18.2 Å². The maximum absolute atomic E-state index is 13.0. The van der Waals surface area contributed by atoms with Crippen LogP contribution >= 0.6 is 0 Å². The van der Waals surface area contributed by atoms with Gasteiger partial charge in [-0.05, 0) is 31.0 Å². The van der Waals surface area contributed by atoms with Gasteiger partial charge >= 0.3 is 0 Å². The van der Waals surface area contributed by atoms with Gasteiger partial charge in [-0.2, -0.15) is 0 Å². The molecule has 4 heteroatoms. The Hall–Kier alpha value is -2.88. The van der Waals surface area contributed by atoms with Crippen LogP contribution in [0.1, 0.15) is 112 Å². The third-order valence-electron chi connectivity index (χ3n) is 6.47. The van der Waals surface area contributed by atoms with Crippen molar-refractivity contribution in [3.8, 4) is 17.1 Å². The fourth-order valence-corrected chi connectivity index (χ4v) is 4.51. The first-order chi connectivity index (χ1) is 16.6. The zero-order chi connectivity index (χ0) is 24.3. The van der Waals surface area contributed by atoms with Gasteiger partial charge < -0.3 is 9.52 Å². The number of phenols is 1. The molecule has 3 aromatic rings. The Kier molecular flexibility index (Phi) is 9.93. The molecule has 0 unspecified atom stereocenters. The number of rotatable bonds is 15. The Bertz CT molecular complexity index is 1090. The van der Waals surface area contributed by atoms with E-state index in [1.54, 1.807) is 24.3 Å². The molecule has 1 aromatic heterocycles.